The van der Waals surface area contributed by atoms with Crippen molar-refractivity contribution < 1.29 is 28.6 Å². The lowest BCUT2D eigenvalue weighted by Crippen LogP contribution is -2.31. The van der Waals surface area contributed by atoms with E-state index in [1.54, 1.807) is 0 Å². The molecule has 0 unspecified atom stereocenters. The van der Waals surface area contributed by atoms with Crippen molar-refractivity contribution in [3.63, 3.8) is 0 Å². The molecule has 0 bridgehead atoms. The largest absolute Gasteiger partial charge is 0.493 e. The number of likely N-dealkylation sites (tertiary alicyclic amines) is 1. The number of carboxylic acid groups (broad SMARTS) is 1. The Hall–Kier alpha value is -2.31. The number of nitrogens with zero attached hydrogens (tertiary/aromatic N) is 1. The van der Waals surface area contributed by atoms with Gasteiger partial charge in [-0.25, -0.2) is 4.39 Å². The van der Waals surface area contributed by atoms with Crippen LogP contribution in [0, 0.1) is 23.6 Å². The van der Waals surface area contributed by atoms with E-state index in [1.807, 2.05) is 0 Å². The van der Waals surface area contributed by atoms with Gasteiger partial charge in [0.05, 0.1) is 20.1 Å². The summed E-state index contributed by atoms with van der Waals surface area (Å²) in [6.07, 6.45) is 1.99. The van der Waals surface area contributed by atoms with Gasteiger partial charge in [-0.3, -0.25) is 9.59 Å². The van der Waals surface area contributed by atoms with Gasteiger partial charge in [0.15, 0.2) is 11.5 Å². The Morgan fingerprint density at radius 1 is 1.21 bits per heavy atom. The van der Waals surface area contributed by atoms with Gasteiger partial charge in [0.25, 0.3) is 5.91 Å². The molecule has 3 rings (SSSR count). The van der Waals surface area contributed by atoms with Crippen molar-refractivity contribution >= 4 is 11.9 Å². The molecule has 7 heteroatoms. The second kappa shape index (κ2) is 6.30. The van der Waals surface area contributed by atoms with E-state index in [9.17, 15) is 19.1 Å². The summed E-state index contributed by atoms with van der Waals surface area (Å²) < 4.78 is 24.6. The predicted molar refractivity (Wildman–Crippen MR) is 82.7 cm³/mol. The summed E-state index contributed by atoms with van der Waals surface area (Å²) in [5.41, 5.74) is -0.211. The first-order valence-corrected chi connectivity index (χ1v) is 7.90. The standard InChI is InChI=1S/C17H20FNO5/c1-23-13-6-5-12(18)14(15(13)24-2)16(20)19-7-10(9-3-4-9)11(8-19)17(21)22/h5-6,9-11H,3-4,7-8H2,1-2H3,(H,21,22)/t10-,11+/m1/s1. The van der Waals surface area contributed by atoms with Gasteiger partial charge in [0.1, 0.15) is 11.4 Å². The first kappa shape index (κ1) is 16.5. The third-order valence-electron chi connectivity index (χ3n) is 4.91. The van der Waals surface area contributed by atoms with Crippen molar-refractivity contribution in [1.29, 1.82) is 0 Å². The highest BCUT2D eigenvalue weighted by Crippen LogP contribution is 2.45. The van der Waals surface area contributed by atoms with Gasteiger partial charge in [-0.15, -0.1) is 0 Å². The SMILES string of the molecule is COc1ccc(F)c(C(=O)N2C[C@H](C(=O)O)[C@@H](C3CC3)C2)c1OC. The third kappa shape index (κ3) is 2.79. The molecule has 0 radical (unpaired) electrons. The van der Waals surface area contributed by atoms with Gasteiger partial charge in [-0.1, -0.05) is 0 Å². The van der Waals surface area contributed by atoms with E-state index >= 15 is 0 Å². The Bertz CT molecular complexity index is 673. The van der Waals surface area contributed by atoms with Crippen molar-refractivity contribution in [3.8, 4) is 11.5 Å². The maximum atomic E-state index is 14.3. The second-order valence-corrected chi connectivity index (χ2v) is 6.31. The first-order valence-electron chi connectivity index (χ1n) is 7.90. The molecule has 24 heavy (non-hydrogen) atoms. The molecular weight excluding hydrogens is 317 g/mol. The highest BCUT2D eigenvalue weighted by atomic mass is 19.1. The van der Waals surface area contributed by atoms with E-state index in [0.29, 0.717) is 12.5 Å². The van der Waals surface area contributed by atoms with Crippen LogP contribution in [0.5, 0.6) is 11.5 Å². The highest BCUT2D eigenvalue weighted by Gasteiger charge is 2.47. The van der Waals surface area contributed by atoms with Crippen LogP contribution in [-0.2, 0) is 4.79 Å². The number of amides is 1. The lowest BCUT2D eigenvalue weighted by atomic mass is 9.92. The fourth-order valence-electron chi connectivity index (χ4n) is 3.52. The van der Waals surface area contributed by atoms with Gasteiger partial charge < -0.3 is 19.5 Å². The summed E-state index contributed by atoms with van der Waals surface area (Å²) in [5, 5.41) is 9.41. The number of rotatable bonds is 5. The number of methoxy groups -OCH3 is 2. The summed E-state index contributed by atoms with van der Waals surface area (Å²) in [7, 11) is 2.74. The number of hydrogen-bond donors (Lipinski definition) is 1. The molecule has 1 heterocycles. The smallest absolute Gasteiger partial charge is 0.308 e. The van der Waals surface area contributed by atoms with Crippen molar-refractivity contribution in [2.45, 2.75) is 12.8 Å². The molecule has 1 saturated carbocycles. The molecule has 2 fully saturated rings. The summed E-state index contributed by atoms with van der Waals surface area (Å²) >= 11 is 0. The van der Waals surface area contributed by atoms with Crippen molar-refractivity contribution in [2.24, 2.45) is 17.8 Å². The van der Waals surface area contributed by atoms with Gasteiger partial charge in [-0.05, 0) is 36.8 Å². The fraction of sp³-hybridized carbons (Fsp3) is 0.529. The Morgan fingerprint density at radius 2 is 1.92 bits per heavy atom. The lowest BCUT2D eigenvalue weighted by Gasteiger charge is -2.19. The van der Waals surface area contributed by atoms with Crippen LogP contribution in [-0.4, -0.2) is 49.2 Å². The second-order valence-electron chi connectivity index (χ2n) is 6.31. The van der Waals surface area contributed by atoms with Gasteiger partial charge in [0.2, 0.25) is 0 Å². The number of carbonyl (C=O) groups excluding carboxylic acids is 1. The molecule has 2 aliphatic rings. The van der Waals surface area contributed by atoms with Gasteiger partial charge in [0, 0.05) is 13.1 Å². The molecule has 2 atom stereocenters. The van der Waals surface area contributed by atoms with Crippen LogP contribution >= 0.6 is 0 Å². The quantitative estimate of drug-likeness (QED) is 0.890. The maximum absolute atomic E-state index is 14.3. The van der Waals surface area contributed by atoms with Crippen LogP contribution in [0.25, 0.3) is 0 Å². The van der Waals surface area contributed by atoms with Crippen LogP contribution in [0.2, 0.25) is 0 Å². The van der Waals surface area contributed by atoms with E-state index in [-0.39, 0.29) is 29.5 Å². The number of benzene rings is 1. The van der Waals surface area contributed by atoms with Crippen LogP contribution in [0.3, 0.4) is 0 Å². The average Bonchev–Trinajstić information content (AvgIpc) is 3.31. The Morgan fingerprint density at radius 3 is 2.46 bits per heavy atom. The van der Waals surface area contributed by atoms with Crippen LogP contribution in [0.4, 0.5) is 4.39 Å². The minimum atomic E-state index is -0.903. The van der Waals surface area contributed by atoms with E-state index in [4.69, 9.17) is 9.47 Å². The molecule has 1 aromatic rings. The Balaban J connectivity index is 1.91. The monoisotopic (exact) mass is 337 g/mol. The lowest BCUT2D eigenvalue weighted by molar-refractivity contribution is -0.142. The minimum Gasteiger partial charge on any atom is -0.493 e. The molecule has 1 aliphatic carbocycles. The van der Waals surface area contributed by atoms with E-state index in [2.05, 4.69) is 0 Å². The first-order chi connectivity index (χ1) is 11.5. The fourth-order valence-corrected chi connectivity index (χ4v) is 3.52. The van der Waals surface area contributed by atoms with E-state index < -0.39 is 23.6 Å². The van der Waals surface area contributed by atoms with Crippen molar-refractivity contribution in [3.05, 3.63) is 23.5 Å². The molecule has 1 saturated heterocycles. The number of carbonyl (C=O) groups is 2. The molecule has 1 aliphatic heterocycles. The molecule has 1 N–H and O–H groups in total. The molecular formula is C17H20FNO5. The number of halogens is 1. The van der Waals surface area contributed by atoms with E-state index in [1.165, 1.54) is 25.2 Å². The summed E-state index contributed by atoms with van der Waals surface area (Å²) in [6.45, 7) is 0.426. The molecule has 1 amide bonds. The molecule has 0 spiro atoms. The van der Waals surface area contributed by atoms with Crippen LogP contribution < -0.4 is 9.47 Å². The molecule has 6 nitrogen and oxygen atoms in total. The maximum Gasteiger partial charge on any atom is 0.308 e. The molecule has 130 valence electrons. The Kier molecular flexibility index (Phi) is 4.34. The summed E-state index contributed by atoms with van der Waals surface area (Å²) in [6, 6.07) is 2.54. The number of carboxylic acids is 1. The van der Waals surface area contributed by atoms with Crippen molar-refractivity contribution in [2.75, 3.05) is 27.3 Å². The number of aliphatic carboxylic acids is 1. The van der Waals surface area contributed by atoms with Crippen molar-refractivity contribution in [1.82, 2.24) is 4.90 Å². The zero-order chi connectivity index (χ0) is 17.4. The summed E-state index contributed by atoms with van der Waals surface area (Å²) in [4.78, 5) is 25.7. The zero-order valence-electron chi connectivity index (χ0n) is 13.6. The normalized spacial score (nSPS) is 23.2. The van der Waals surface area contributed by atoms with Gasteiger partial charge >= 0.3 is 5.97 Å². The van der Waals surface area contributed by atoms with Crippen LogP contribution in [0.1, 0.15) is 23.2 Å². The number of hydrogen-bond acceptors (Lipinski definition) is 4. The molecule has 1 aromatic carbocycles. The number of ether oxygens (including phenoxy) is 2. The average molecular weight is 337 g/mol. The minimum absolute atomic E-state index is 0.0317. The van der Waals surface area contributed by atoms with Gasteiger partial charge in [-0.2, -0.15) is 0 Å². The third-order valence-corrected chi connectivity index (χ3v) is 4.91. The predicted octanol–water partition coefficient (Wildman–Crippen LogP) is 2.03. The Labute approximate surface area is 139 Å². The summed E-state index contributed by atoms with van der Waals surface area (Å²) in [5.74, 6) is -2.19. The highest BCUT2D eigenvalue weighted by molar-refractivity contribution is 5.98. The topological polar surface area (TPSA) is 76.1 Å². The van der Waals surface area contributed by atoms with Crippen LogP contribution in [0.15, 0.2) is 12.1 Å². The molecule has 0 aromatic heterocycles. The zero-order valence-corrected chi connectivity index (χ0v) is 13.6. The van der Waals surface area contributed by atoms with E-state index in [0.717, 1.165) is 18.9 Å².